The van der Waals surface area contributed by atoms with Crippen molar-refractivity contribution >= 4 is 67.7 Å². The number of rotatable bonds is 6. The number of ether oxygens (including phenoxy) is 2. The van der Waals surface area contributed by atoms with Crippen molar-refractivity contribution in [1.82, 2.24) is 23.6 Å². The summed E-state index contributed by atoms with van der Waals surface area (Å²) >= 11 is 15.5. The van der Waals surface area contributed by atoms with Gasteiger partial charge in [-0.3, -0.25) is 18.5 Å². The zero-order valence-electron chi connectivity index (χ0n) is 23.0. The molecule has 2 aromatic heterocycles. The molecule has 2 aromatic carbocycles. The topological polar surface area (TPSA) is 98.8 Å². The van der Waals surface area contributed by atoms with Crippen LogP contribution in [0.4, 0.5) is 11.6 Å². The minimum atomic E-state index is -0.419. The number of thiocarbonyl (C=S) groups is 1. The highest BCUT2D eigenvalue weighted by Gasteiger charge is 2.27. The Kier molecular flexibility index (Phi) is 8.30. The highest BCUT2D eigenvalue weighted by atomic mass is 79.9. The van der Waals surface area contributed by atoms with Crippen molar-refractivity contribution in [2.45, 2.75) is 6.54 Å². The predicted octanol–water partition coefficient (Wildman–Crippen LogP) is 3.43. The SMILES string of the molecule is COc1cc(NC(=S)N2CCN(c3nc4c(c(=O)n(C)c(=O)n4C)n3Cc3ccc(Br)cc3)CC2)c(OC)cc1Cl. The Labute approximate surface area is 255 Å². The summed E-state index contributed by atoms with van der Waals surface area (Å²) in [5, 5.41) is 4.23. The van der Waals surface area contributed by atoms with Crippen molar-refractivity contribution < 1.29 is 9.47 Å². The molecule has 0 bridgehead atoms. The number of hydrogen-bond donors (Lipinski definition) is 1. The fourth-order valence-corrected chi connectivity index (χ4v) is 5.65. The summed E-state index contributed by atoms with van der Waals surface area (Å²) in [5.41, 5.74) is 1.59. The van der Waals surface area contributed by atoms with Gasteiger partial charge in [-0.25, -0.2) is 4.79 Å². The van der Waals surface area contributed by atoms with Gasteiger partial charge in [0.05, 0.1) is 31.5 Å². The molecule has 11 nitrogen and oxygen atoms in total. The Hall–Kier alpha value is -3.55. The fraction of sp³-hybridized carbons (Fsp3) is 0.333. The van der Waals surface area contributed by atoms with Crippen LogP contribution < -0.4 is 30.9 Å². The number of piperazine rings is 1. The molecule has 41 heavy (non-hydrogen) atoms. The van der Waals surface area contributed by atoms with Crippen LogP contribution in [0.15, 0.2) is 50.5 Å². The van der Waals surface area contributed by atoms with E-state index in [1.54, 1.807) is 33.4 Å². The number of aromatic nitrogens is 4. The molecule has 4 aromatic rings. The first-order chi connectivity index (χ1) is 19.6. The molecule has 0 amide bonds. The molecule has 0 unspecified atom stereocenters. The van der Waals surface area contributed by atoms with E-state index >= 15 is 0 Å². The average Bonchev–Trinajstić information content (AvgIpc) is 3.35. The number of aryl methyl sites for hydroxylation is 1. The molecule has 0 radical (unpaired) electrons. The fourth-order valence-electron chi connectivity index (χ4n) is 4.86. The second kappa shape index (κ2) is 11.7. The lowest BCUT2D eigenvalue weighted by atomic mass is 10.2. The van der Waals surface area contributed by atoms with Gasteiger partial charge in [-0.1, -0.05) is 39.7 Å². The molecule has 0 aliphatic carbocycles. The summed E-state index contributed by atoms with van der Waals surface area (Å²) in [6, 6.07) is 11.3. The highest BCUT2D eigenvalue weighted by Crippen LogP contribution is 2.36. The van der Waals surface area contributed by atoms with Crippen LogP contribution in [0.3, 0.4) is 0 Å². The van der Waals surface area contributed by atoms with E-state index in [0.717, 1.165) is 14.6 Å². The molecule has 3 heterocycles. The summed E-state index contributed by atoms with van der Waals surface area (Å²) in [5.74, 6) is 1.68. The summed E-state index contributed by atoms with van der Waals surface area (Å²) in [4.78, 5) is 35.0. The first kappa shape index (κ1) is 29.0. The number of methoxy groups -OCH3 is 2. The van der Waals surface area contributed by atoms with Gasteiger partial charge in [-0.15, -0.1) is 0 Å². The normalized spacial score (nSPS) is 13.5. The van der Waals surface area contributed by atoms with E-state index in [1.807, 2.05) is 28.8 Å². The maximum absolute atomic E-state index is 13.3. The van der Waals surface area contributed by atoms with E-state index in [2.05, 4.69) is 31.0 Å². The number of hydrogen-bond acceptors (Lipinski definition) is 7. The van der Waals surface area contributed by atoms with Gasteiger partial charge in [-0.2, -0.15) is 4.98 Å². The lowest BCUT2D eigenvalue weighted by Crippen LogP contribution is -2.50. The third-order valence-electron chi connectivity index (χ3n) is 7.15. The number of halogens is 2. The quantitative estimate of drug-likeness (QED) is 0.312. The Morgan fingerprint density at radius 2 is 1.68 bits per heavy atom. The molecule has 5 rings (SSSR count). The number of nitrogens with zero attached hydrogens (tertiary/aromatic N) is 6. The Balaban J connectivity index is 1.42. The van der Waals surface area contributed by atoms with E-state index in [-0.39, 0.29) is 5.56 Å². The van der Waals surface area contributed by atoms with Crippen molar-refractivity contribution in [2.75, 3.05) is 50.6 Å². The molecule has 0 saturated carbocycles. The van der Waals surface area contributed by atoms with Gasteiger partial charge in [0, 0.05) is 56.9 Å². The number of benzene rings is 2. The average molecular weight is 663 g/mol. The van der Waals surface area contributed by atoms with Crippen LogP contribution in [-0.2, 0) is 20.6 Å². The van der Waals surface area contributed by atoms with Gasteiger partial charge < -0.3 is 24.6 Å². The Morgan fingerprint density at radius 1 is 1.02 bits per heavy atom. The highest BCUT2D eigenvalue weighted by molar-refractivity contribution is 9.10. The summed E-state index contributed by atoms with van der Waals surface area (Å²) in [6.45, 7) is 2.83. The van der Waals surface area contributed by atoms with Gasteiger partial charge >= 0.3 is 5.69 Å². The minimum Gasteiger partial charge on any atom is -0.495 e. The number of imidazole rings is 1. The first-order valence-electron chi connectivity index (χ1n) is 12.8. The largest absolute Gasteiger partial charge is 0.495 e. The molecule has 1 fully saturated rings. The molecular formula is C27H29BrClN7O4S. The third kappa shape index (κ3) is 5.53. The van der Waals surface area contributed by atoms with Crippen LogP contribution in [0.5, 0.6) is 11.5 Å². The van der Waals surface area contributed by atoms with Crippen LogP contribution in [-0.4, -0.2) is 69.1 Å². The van der Waals surface area contributed by atoms with E-state index in [4.69, 9.17) is 38.3 Å². The standard InChI is InChI=1S/C27H29BrClN7O4S/c1-32-23-22(24(37)33(2)27(32)38)36(15-16-5-7-17(28)8-6-16)25(31-23)34-9-11-35(12-10-34)26(41)30-19-14-20(39-3)18(29)13-21(19)40-4/h5-8,13-14H,9-12,15H2,1-4H3,(H,30,41). The van der Waals surface area contributed by atoms with Gasteiger partial charge in [0.1, 0.15) is 11.5 Å². The second-order valence-corrected chi connectivity index (χ2v) is 11.3. The van der Waals surface area contributed by atoms with Crippen molar-refractivity contribution in [3.05, 3.63) is 72.3 Å². The summed E-state index contributed by atoms with van der Waals surface area (Å²) in [6.07, 6.45) is 0. The monoisotopic (exact) mass is 661 g/mol. The lowest BCUT2D eigenvalue weighted by molar-refractivity contribution is 0.385. The molecule has 0 atom stereocenters. The van der Waals surface area contributed by atoms with Crippen molar-refractivity contribution in [2.24, 2.45) is 14.1 Å². The van der Waals surface area contributed by atoms with E-state index in [1.165, 1.54) is 11.6 Å². The van der Waals surface area contributed by atoms with E-state index in [0.29, 0.717) is 77.2 Å². The maximum atomic E-state index is 13.3. The smallest absolute Gasteiger partial charge is 0.332 e. The van der Waals surface area contributed by atoms with Gasteiger partial charge in [0.15, 0.2) is 16.3 Å². The Morgan fingerprint density at radius 3 is 2.32 bits per heavy atom. The number of nitrogens with one attached hydrogen (secondary N) is 1. The third-order valence-corrected chi connectivity index (χ3v) is 8.33. The van der Waals surface area contributed by atoms with Crippen LogP contribution in [0.25, 0.3) is 11.2 Å². The van der Waals surface area contributed by atoms with Crippen LogP contribution in [0.2, 0.25) is 5.02 Å². The van der Waals surface area contributed by atoms with Gasteiger partial charge in [0.2, 0.25) is 5.95 Å². The zero-order valence-corrected chi connectivity index (χ0v) is 26.1. The molecule has 1 N–H and O–H groups in total. The second-order valence-electron chi connectivity index (χ2n) is 9.59. The van der Waals surface area contributed by atoms with Gasteiger partial charge in [-0.05, 0) is 29.9 Å². The molecule has 14 heteroatoms. The van der Waals surface area contributed by atoms with Gasteiger partial charge in [0.25, 0.3) is 5.56 Å². The first-order valence-corrected chi connectivity index (χ1v) is 14.3. The van der Waals surface area contributed by atoms with Crippen molar-refractivity contribution in [1.29, 1.82) is 0 Å². The summed E-state index contributed by atoms with van der Waals surface area (Å²) in [7, 11) is 6.23. The van der Waals surface area contributed by atoms with Crippen LogP contribution in [0, 0.1) is 0 Å². The summed E-state index contributed by atoms with van der Waals surface area (Å²) < 4.78 is 16.2. The maximum Gasteiger partial charge on any atom is 0.332 e. The Bertz CT molecular complexity index is 1740. The molecular weight excluding hydrogens is 634 g/mol. The number of anilines is 2. The minimum absolute atomic E-state index is 0.355. The van der Waals surface area contributed by atoms with Crippen LogP contribution in [0.1, 0.15) is 5.56 Å². The van der Waals surface area contributed by atoms with Crippen LogP contribution >= 0.6 is 39.7 Å². The lowest BCUT2D eigenvalue weighted by Gasteiger charge is -2.37. The predicted molar refractivity (Wildman–Crippen MR) is 168 cm³/mol. The number of fused-ring (bicyclic) bond motifs is 1. The molecule has 0 spiro atoms. The van der Waals surface area contributed by atoms with Crippen molar-refractivity contribution in [3.8, 4) is 11.5 Å². The molecule has 216 valence electrons. The van der Waals surface area contributed by atoms with E-state index < -0.39 is 5.69 Å². The molecule has 1 saturated heterocycles. The molecule has 1 aliphatic heterocycles. The zero-order chi connectivity index (χ0) is 29.4. The molecule has 1 aliphatic rings. The van der Waals surface area contributed by atoms with Crippen molar-refractivity contribution in [3.63, 3.8) is 0 Å². The van der Waals surface area contributed by atoms with E-state index in [9.17, 15) is 9.59 Å².